The summed E-state index contributed by atoms with van der Waals surface area (Å²) in [4.78, 5) is 12.4. The van der Waals surface area contributed by atoms with Gasteiger partial charge in [0, 0.05) is 11.8 Å². The van der Waals surface area contributed by atoms with Crippen molar-refractivity contribution in [1.29, 1.82) is 0 Å². The molecule has 0 spiro atoms. The van der Waals surface area contributed by atoms with E-state index < -0.39 is 0 Å². The second-order valence-corrected chi connectivity index (χ2v) is 8.58. The van der Waals surface area contributed by atoms with Crippen LogP contribution in [0.25, 0.3) is 0 Å². The highest BCUT2D eigenvalue weighted by Gasteiger charge is 2.58. The minimum Gasteiger partial charge on any atom is -0.299 e. The van der Waals surface area contributed by atoms with Gasteiger partial charge in [0.25, 0.3) is 0 Å². The molecule has 1 heteroatoms. The molecule has 0 amide bonds. The fourth-order valence-corrected chi connectivity index (χ4v) is 6.42. The van der Waals surface area contributed by atoms with Gasteiger partial charge >= 0.3 is 0 Å². The van der Waals surface area contributed by atoms with Crippen molar-refractivity contribution in [1.82, 2.24) is 0 Å². The molecule has 5 atom stereocenters. The highest BCUT2D eigenvalue weighted by Crippen LogP contribution is 2.64. The van der Waals surface area contributed by atoms with E-state index in [-0.39, 0.29) is 5.41 Å². The smallest absolute Gasteiger partial charge is 0.139 e. The minimum atomic E-state index is 0.0248. The van der Waals surface area contributed by atoms with Crippen LogP contribution in [-0.4, -0.2) is 5.78 Å². The molecule has 0 aromatic heterocycles. The van der Waals surface area contributed by atoms with Crippen LogP contribution in [0.4, 0.5) is 0 Å². The molecular formula is C20H28O. The molecule has 21 heavy (non-hydrogen) atoms. The maximum atomic E-state index is 12.4. The summed E-state index contributed by atoms with van der Waals surface area (Å²) in [5.74, 6) is 2.85. The van der Waals surface area contributed by atoms with Gasteiger partial charge in [0.1, 0.15) is 5.78 Å². The highest BCUT2D eigenvalue weighted by atomic mass is 16.1. The third kappa shape index (κ3) is 1.72. The molecule has 1 nitrogen and oxygen atoms in total. The van der Waals surface area contributed by atoms with Gasteiger partial charge < -0.3 is 0 Å². The van der Waals surface area contributed by atoms with E-state index >= 15 is 0 Å². The number of Topliss-reactive ketones (excluding diaryl/α,β-unsaturated/α-hetero) is 1. The first-order valence-electron chi connectivity index (χ1n) is 8.87. The SMILES string of the molecule is C=C1C=C2CCC3C4CCC(=O)C4(C)CCC3C2(C)CC1. The molecule has 0 bridgehead atoms. The summed E-state index contributed by atoms with van der Waals surface area (Å²) < 4.78 is 0. The molecule has 4 aliphatic rings. The van der Waals surface area contributed by atoms with Crippen LogP contribution >= 0.6 is 0 Å². The molecule has 4 rings (SSSR count). The Morgan fingerprint density at radius 3 is 2.57 bits per heavy atom. The van der Waals surface area contributed by atoms with Crippen molar-refractivity contribution in [2.45, 2.75) is 65.2 Å². The Balaban J connectivity index is 1.70. The molecule has 0 aromatic rings. The molecule has 3 fully saturated rings. The second-order valence-electron chi connectivity index (χ2n) is 8.58. The Morgan fingerprint density at radius 1 is 1.00 bits per heavy atom. The van der Waals surface area contributed by atoms with Crippen LogP contribution in [0, 0.1) is 28.6 Å². The van der Waals surface area contributed by atoms with E-state index in [0.29, 0.717) is 17.1 Å². The van der Waals surface area contributed by atoms with Crippen molar-refractivity contribution in [3.63, 3.8) is 0 Å². The maximum absolute atomic E-state index is 12.4. The summed E-state index contributed by atoms with van der Waals surface area (Å²) in [6, 6.07) is 0. The van der Waals surface area contributed by atoms with Crippen LogP contribution in [0.1, 0.15) is 65.2 Å². The van der Waals surface area contributed by atoms with Crippen LogP contribution in [0.2, 0.25) is 0 Å². The summed E-state index contributed by atoms with van der Waals surface area (Å²) in [6.07, 6.45) is 11.8. The Kier molecular flexibility index (Phi) is 2.85. The predicted octanol–water partition coefficient (Wildman–Crippen LogP) is 5.07. The Labute approximate surface area is 128 Å². The molecule has 3 saturated carbocycles. The number of ketones is 1. The predicted molar refractivity (Wildman–Crippen MR) is 85.9 cm³/mol. The molecule has 0 heterocycles. The number of allylic oxidation sites excluding steroid dienone is 3. The quantitative estimate of drug-likeness (QED) is 0.606. The van der Waals surface area contributed by atoms with Crippen molar-refractivity contribution in [2.75, 3.05) is 0 Å². The number of fused-ring (bicyclic) bond motifs is 5. The summed E-state index contributed by atoms with van der Waals surface area (Å²) in [5, 5.41) is 0. The van der Waals surface area contributed by atoms with Gasteiger partial charge in [-0.3, -0.25) is 4.79 Å². The monoisotopic (exact) mass is 284 g/mol. The zero-order valence-corrected chi connectivity index (χ0v) is 13.6. The van der Waals surface area contributed by atoms with Crippen molar-refractivity contribution < 1.29 is 4.79 Å². The van der Waals surface area contributed by atoms with Crippen LogP contribution in [0.5, 0.6) is 0 Å². The zero-order chi connectivity index (χ0) is 14.8. The van der Waals surface area contributed by atoms with Crippen LogP contribution < -0.4 is 0 Å². The lowest BCUT2D eigenvalue weighted by atomic mass is 9.47. The van der Waals surface area contributed by atoms with Gasteiger partial charge in [-0.05, 0) is 68.1 Å². The van der Waals surface area contributed by atoms with Crippen molar-refractivity contribution in [3.8, 4) is 0 Å². The topological polar surface area (TPSA) is 17.1 Å². The van der Waals surface area contributed by atoms with Gasteiger partial charge in [-0.15, -0.1) is 0 Å². The van der Waals surface area contributed by atoms with Crippen molar-refractivity contribution in [3.05, 3.63) is 23.8 Å². The molecule has 0 saturated heterocycles. The standard InChI is InChI=1S/C20H28O/c1-13-8-10-19(2)14(12-13)4-5-15-16-6-7-18(21)20(16,3)11-9-17(15)19/h12,15-17H,1,4-11H2,2-3H3. The van der Waals surface area contributed by atoms with Gasteiger partial charge in [0.05, 0.1) is 0 Å². The van der Waals surface area contributed by atoms with Crippen LogP contribution in [0.15, 0.2) is 23.8 Å². The lowest BCUT2D eigenvalue weighted by Crippen LogP contribution is -2.50. The van der Waals surface area contributed by atoms with Gasteiger partial charge in [0.15, 0.2) is 0 Å². The van der Waals surface area contributed by atoms with E-state index in [4.69, 9.17) is 0 Å². The normalized spacial score (nSPS) is 49.2. The average molecular weight is 284 g/mol. The Morgan fingerprint density at radius 2 is 1.76 bits per heavy atom. The fraction of sp³-hybridized carbons (Fsp3) is 0.750. The summed E-state index contributed by atoms with van der Waals surface area (Å²) in [6.45, 7) is 8.99. The fourth-order valence-electron chi connectivity index (χ4n) is 6.42. The first-order valence-corrected chi connectivity index (χ1v) is 8.87. The molecule has 0 N–H and O–H groups in total. The number of hydrogen-bond acceptors (Lipinski definition) is 1. The first-order chi connectivity index (χ1) is 9.95. The Hall–Kier alpha value is -0.850. The molecule has 0 radical (unpaired) electrons. The summed E-state index contributed by atoms with van der Waals surface area (Å²) >= 11 is 0. The molecule has 114 valence electrons. The third-order valence-corrected chi connectivity index (χ3v) is 7.79. The van der Waals surface area contributed by atoms with E-state index in [1.54, 1.807) is 5.57 Å². The average Bonchev–Trinajstić information content (AvgIpc) is 2.76. The van der Waals surface area contributed by atoms with Crippen LogP contribution in [-0.2, 0) is 4.79 Å². The van der Waals surface area contributed by atoms with Gasteiger partial charge in [-0.25, -0.2) is 0 Å². The minimum absolute atomic E-state index is 0.0248. The molecular weight excluding hydrogens is 256 g/mol. The van der Waals surface area contributed by atoms with E-state index in [9.17, 15) is 4.79 Å². The second kappa shape index (κ2) is 4.33. The number of carbonyl (C=O) groups is 1. The maximum Gasteiger partial charge on any atom is 0.139 e. The van der Waals surface area contributed by atoms with E-state index in [1.165, 1.54) is 44.1 Å². The summed E-state index contributed by atoms with van der Waals surface area (Å²) in [5.41, 5.74) is 3.43. The zero-order valence-electron chi connectivity index (χ0n) is 13.6. The van der Waals surface area contributed by atoms with E-state index in [0.717, 1.165) is 24.7 Å². The van der Waals surface area contributed by atoms with E-state index in [1.807, 2.05) is 0 Å². The first kappa shape index (κ1) is 13.8. The molecule has 0 aliphatic heterocycles. The summed E-state index contributed by atoms with van der Waals surface area (Å²) in [7, 11) is 0. The van der Waals surface area contributed by atoms with Gasteiger partial charge in [-0.1, -0.05) is 37.6 Å². The Bertz CT molecular complexity index is 542. The number of carbonyl (C=O) groups excluding carboxylic acids is 1. The number of rotatable bonds is 0. The third-order valence-electron chi connectivity index (χ3n) is 7.79. The lowest BCUT2D eigenvalue weighted by Gasteiger charge is -2.57. The van der Waals surface area contributed by atoms with E-state index in [2.05, 4.69) is 26.5 Å². The van der Waals surface area contributed by atoms with Crippen LogP contribution in [0.3, 0.4) is 0 Å². The molecule has 5 unspecified atom stereocenters. The molecule has 0 aromatic carbocycles. The largest absolute Gasteiger partial charge is 0.299 e. The number of hydrogen-bond donors (Lipinski definition) is 0. The van der Waals surface area contributed by atoms with Crippen molar-refractivity contribution in [2.24, 2.45) is 28.6 Å². The van der Waals surface area contributed by atoms with Gasteiger partial charge in [-0.2, -0.15) is 0 Å². The molecule has 4 aliphatic carbocycles. The highest BCUT2D eigenvalue weighted by molar-refractivity contribution is 5.87. The van der Waals surface area contributed by atoms with Gasteiger partial charge in [0.2, 0.25) is 0 Å². The van der Waals surface area contributed by atoms with Crippen molar-refractivity contribution >= 4 is 5.78 Å². The lowest BCUT2D eigenvalue weighted by molar-refractivity contribution is -0.132.